The number of carbonyl (C=O) groups is 1. The number of nitro groups is 1. The molecule has 11 nitrogen and oxygen atoms in total. The monoisotopic (exact) mass is 771 g/mol. The molecule has 0 bridgehead atoms. The van der Waals surface area contributed by atoms with Crippen LogP contribution in [0.5, 0.6) is 0 Å². The molecule has 2 aliphatic heterocycles. The number of esters is 1. The molecule has 3 fully saturated rings. The fourth-order valence-electron chi connectivity index (χ4n) is 9.83. The summed E-state index contributed by atoms with van der Waals surface area (Å²) in [4.78, 5) is 32.7. The number of benzene rings is 3. The third-order valence-corrected chi connectivity index (χ3v) is 14.3. The van der Waals surface area contributed by atoms with Crippen LogP contribution in [0.4, 0.5) is 15.8 Å². The van der Waals surface area contributed by atoms with Crippen molar-refractivity contribution < 1.29 is 27.3 Å². The van der Waals surface area contributed by atoms with Gasteiger partial charge in [0.2, 0.25) is 9.84 Å². The molecule has 0 radical (unpaired) electrons. The Bertz CT molecular complexity index is 2090. The molecule has 1 saturated carbocycles. The first-order chi connectivity index (χ1) is 26.5. The summed E-state index contributed by atoms with van der Waals surface area (Å²) in [7, 11) is -2.44. The second-order valence-electron chi connectivity index (χ2n) is 15.6. The molecule has 0 unspecified atom stereocenters. The lowest BCUT2D eigenvalue weighted by molar-refractivity contribution is -0.385. The molecule has 4 aromatic rings. The van der Waals surface area contributed by atoms with Gasteiger partial charge in [0.1, 0.15) is 11.6 Å². The number of aryl methyl sites for hydroxylation is 1. The number of hydrogen-bond acceptors (Lipinski definition) is 9. The topological polar surface area (TPSA) is 128 Å². The molecule has 0 spiro atoms. The summed E-state index contributed by atoms with van der Waals surface area (Å²) in [5, 5.41) is 11.2. The van der Waals surface area contributed by atoms with Crippen molar-refractivity contribution in [3.05, 3.63) is 113 Å². The second kappa shape index (κ2) is 16.2. The largest absolute Gasteiger partial charge is 0.469 e. The van der Waals surface area contributed by atoms with Crippen LogP contribution in [0.1, 0.15) is 56.8 Å². The molecule has 7 rings (SSSR count). The maximum Gasteiger partial charge on any atom is 0.305 e. The van der Waals surface area contributed by atoms with Gasteiger partial charge in [0.05, 0.1) is 21.8 Å². The molecule has 3 atom stereocenters. The van der Waals surface area contributed by atoms with Crippen molar-refractivity contribution >= 4 is 27.2 Å². The standard InChI is InChI=1S/C42H50FN5O6S/c1-3-40-44-19-22-46(40)29-42(33-8-5-9-34(43)24-33,39-12-4-7-31(39)23-41(49)54-2)32-17-20-45(21-18-32)26-30-27-47(28-30)35-13-15-37(16-14-35)55(52,53)38-11-6-10-36(25-38)48(50)51/h5-6,8-11,13-16,19,22,24-25,30-32,39H,3-4,7,12,17-18,20-21,23,26-29H2,1-2H3/t31-,39+,42+/m1/s1. The van der Waals surface area contributed by atoms with Crippen LogP contribution in [0.3, 0.4) is 0 Å². The van der Waals surface area contributed by atoms with Gasteiger partial charge >= 0.3 is 5.97 Å². The molecular formula is C42H50FN5O6S. The van der Waals surface area contributed by atoms with E-state index in [-0.39, 0.29) is 45.0 Å². The predicted octanol–water partition coefficient (Wildman–Crippen LogP) is 7.09. The SMILES string of the molecule is CCc1nccn1C[C@@](c1cccc(F)c1)(C1CCN(CC2CN(c3ccc(S(=O)(=O)c4cccc([N+](=O)[O-])c4)cc3)C2)CC1)[C@H]1CCC[C@@H]1CC(=O)OC. The van der Waals surface area contributed by atoms with Crippen molar-refractivity contribution in [3.8, 4) is 0 Å². The third-order valence-electron chi connectivity index (χ3n) is 12.5. The fraction of sp³-hybridized carbons (Fsp3) is 0.476. The lowest BCUT2D eigenvalue weighted by Crippen LogP contribution is -2.55. The van der Waals surface area contributed by atoms with Crippen molar-refractivity contribution in [3.63, 3.8) is 0 Å². The van der Waals surface area contributed by atoms with E-state index < -0.39 is 20.2 Å². The first-order valence-electron chi connectivity index (χ1n) is 19.4. The lowest BCUT2D eigenvalue weighted by Gasteiger charge is -2.51. The summed E-state index contributed by atoms with van der Waals surface area (Å²) < 4.78 is 49.0. The van der Waals surface area contributed by atoms with Gasteiger partial charge in [-0.15, -0.1) is 0 Å². The number of piperidine rings is 1. The van der Waals surface area contributed by atoms with Crippen LogP contribution in [0, 0.1) is 39.6 Å². The third kappa shape index (κ3) is 7.91. The van der Waals surface area contributed by atoms with Crippen molar-refractivity contribution in [2.24, 2.45) is 23.7 Å². The molecule has 2 saturated heterocycles. The molecule has 1 aromatic heterocycles. The van der Waals surface area contributed by atoms with Gasteiger partial charge in [-0.1, -0.05) is 31.5 Å². The molecule has 1 aliphatic carbocycles. The Kier molecular flexibility index (Phi) is 11.4. The summed E-state index contributed by atoms with van der Waals surface area (Å²) in [6.45, 7) is 7.36. The number of imidazole rings is 1. The summed E-state index contributed by atoms with van der Waals surface area (Å²) >= 11 is 0. The highest BCUT2D eigenvalue weighted by Crippen LogP contribution is 2.54. The normalized spacial score (nSPS) is 20.9. The molecule has 3 heterocycles. The number of non-ortho nitro benzene ring substituents is 1. The Morgan fingerprint density at radius 3 is 2.44 bits per heavy atom. The molecule has 3 aliphatic rings. The minimum atomic E-state index is -3.90. The van der Waals surface area contributed by atoms with Gasteiger partial charge in [0.25, 0.3) is 5.69 Å². The maximum atomic E-state index is 15.2. The van der Waals surface area contributed by atoms with Gasteiger partial charge in [0, 0.05) is 80.6 Å². The number of sulfone groups is 1. The first kappa shape index (κ1) is 38.6. The second-order valence-corrected chi connectivity index (χ2v) is 17.5. The van der Waals surface area contributed by atoms with E-state index >= 15 is 4.39 Å². The Labute approximate surface area is 322 Å². The number of nitrogens with zero attached hydrogens (tertiary/aromatic N) is 5. The van der Waals surface area contributed by atoms with Gasteiger partial charge in [-0.2, -0.15) is 0 Å². The molecule has 3 aromatic carbocycles. The van der Waals surface area contributed by atoms with E-state index in [0.717, 1.165) is 94.4 Å². The van der Waals surface area contributed by atoms with Crippen LogP contribution in [0.2, 0.25) is 0 Å². The molecular weight excluding hydrogens is 722 g/mol. The zero-order valence-electron chi connectivity index (χ0n) is 31.6. The predicted molar refractivity (Wildman–Crippen MR) is 207 cm³/mol. The number of nitro benzene ring substituents is 1. The highest BCUT2D eigenvalue weighted by Gasteiger charge is 2.52. The van der Waals surface area contributed by atoms with E-state index in [2.05, 4.69) is 38.5 Å². The highest BCUT2D eigenvalue weighted by molar-refractivity contribution is 7.91. The van der Waals surface area contributed by atoms with Crippen LogP contribution in [0.25, 0.3) is 0 Å². The summed E-state index contributed by atoms with van der Waals surface area (Å²) in [6, 6.07) is 19.1. The smallest absolute Gasteiger partial charge is 0.305 e. The summed E-state index contributed by atoms with van der Waals surface area (Å²) in [6.07, 6.45) is 9.97. The van der Waals surface area contributed by atoms with E-state index in [1.54, 1.807) is 30.3 Å². The van der Waals surface area contributed by atoms with Crippen molar-refractivity contribution in [1.82, 2.24) is 14.5 Å². The zero-order valence-corrected chi connectivity index (χ0v) is 32.4. The Hall–Kier alpha value is -4.62. The number of carbonyl (C=O) groups excluding carboxylic acids is 1. The molecule has 0 N–H and O–H groups in total. The van der Waals surface area contributed by atoms with Gasteiger partial charge < -0.3 is 19.1 Å². The number of likely N-dealkylation sites (tertiary alicyclic amines) is 1. The number of halogens is 1. The molecule has 292 valence electrons. The van der Waals surface area contributed by atoms with Crippen LogP contribution in [0.15, 0.2) is 95.0 Å². The average molecular weight is 772 g/mol. The first-order valence-corrected chi connectivity index (χ1v) is 20.9. The number of aromatic nitrogens is 2. The van der Waals surface area contributed by atoms with Crippen molar-refractivity contribution in [2.45, 2.75) is 73.6 Å². The van der Waals surface area contributed by atoms with E-state index in [0.29, 0.717) is 18.9 Å². The minimum Gasteiger partial charge on any atom is -0.469 e. The van der Waals surface area contributed by atoms with Crippen molar-refractivity contribution in [1.29, 1.82) is 0 Å². The van der Waals surface area contributed by atoms with E-state index in [1.165, 1.54) is 31.4 Å². The number of ether oxygens (including phenoxy) is 1. The highest BCUT2D eigenvalue weighted by atomic mass is 32.2. The summed E-state index contributed by atoms with van der Waals surface area (Å²) in [5.74, 6) is 1.66. The van der Waals surface area contributed by atoms with Crippen LogP contribution in [-0.2, 0) is 37.7 Å². The molecule has 13 heteroatoms. The fourth-order valence-corrected chi connectivity index (χ4v) is 11.1. The van der Waals surface area contributed by atoms with Crippen LogP contribution >= 0.6 is 0 Å². The van der Waals surface area contributed by atoms with Crippen molar-refractivity contribution in [2.75, 3.05) is 44.7 Å². The molecule has 55 heavy (non-hydrogen) atoms. The van der Waals surface area contributed by atoms with Crippen LogP contribution < -0.4 is 4.90 Å². The number of hydrogen-bond donors (Lipinski definition) is 0. The quantitative estimate of drug-likeness (QED) is 0.0750. The van der Waals surface area contributed by atoms with Gasteiger partial charge in [-0.3, -0.25) is 14.9 Å². The summed E-state index contributed by atoms with van der Waals surface area (Å²) in [5.41, 5.74) is 1.30. The van der Waals surface area contributed by atoms with Gasteiger partial charge in [-0.05, 0) is 105 Å². The molecule has 0 amide bonds. The lowest BCUT2D eigenvalue weighted by atomic mass is 9.57. The Morgan fingerprint density at radius 2 is 1.75 bits per heavy atom. The minimum absolute atomic E-state index is 0.0965. The number of rotatable bonds is 14. The number of methoxy groups -OCH3 is 1. The van der Waals surface area contributed by atoms with E-state index in [4.69, 9.17) is 4.74 Å². The number of anilines is 1. The van der Waals surface area contributed by atoms with E-state index in [1.807, 2.05) is 12.3 Å². The Balaban J connectivity index is 1.04. The van der Waals surface area contributed by atoms with Gasteiger partial charge in [0.15, 0.2) is 0 Å². The van der Waals surface area contributed by atoms with E-state index in [9.17, 15) is 23.3 Å². The van der Waals surface area contributed by atoms with Gasteiger partial charge in [-0.25, -0.2) is 17.8 Å². The Morgan fingerprint density at radius 1 is 1.00 bits per heavy atom. The average Bonchev–Trinajstić information content (AvgIpc) is 3.84. The van der Waals surface area contributed by atoms with Crippen LogP contribution in [-0.4, -0.2) is 73.6 Å². The maximum absolute atomic E-state index is 15.2. The zero-order chi connectivity index (χ0) is 38.7.